The molecule has 0 fully saturated rings. The minimum Gasteiger partial charge on any atom is -0.343 e. The molecule has 0 unspecified atom stereocenters. The van der Waals surface area contributed by atoms with Crippen LogP contribution in [0, 0.1) is 23.3 Å². The van der Waals surface area contributed by atoms with E-state index in [0.717, 1.165) is 23.2 Å². The van der Waals surface area contributed by atoms with Crippen LogP contribution in [0.15, 0.2) is 24.3 Å². The third-order valence-corrected chi connectivity index (χ3v) is 3.08. The molecule has 1 aromatic carbocycles. The lowest BCUT2D eigenvalue weighted by Gasteiger charge is -2.10. The molecule has 2 aromatic rings. The Balaban J connectivity index is 2.50. The van der Waals surface area contributed by atoms with E-state index in [4.69, 9.17) is 12.2 Å². The van der Waals surface area contributed by atoms with Crippen LogP contribution in [0.2, 0.25) is 0 Å². The molecule has 1 N–H and O–H groups in total. The maximum Gasteiger partial charge on any atom is 0.139 e. The summed E-state index contributed by atoms with van der Waals surface area (Å²) in [5.74, 6) is 1.01. The molecule has 0 bridgehead atoms. The minimum atomic E-state index is -0.238. The van der Waals surface area contributed by atoms with Crippen molar-refractivity contribution in [3.63, 3.8) is 0 Å². The van der Waals surface area contributed by atoms with E-state index in [1.807, 2.05) is 13.0 Å². The zero-order valence-corrected chi connectivity index (χ0v) is 12.1. The van der Waals surface area contributed by atoms with Gasteiger partial charge >= 0.3 is 0 Å². The van der Waals surface area contributed by atoms with Gasteiger partial charge in [-0.1, -0.05) is 26.1 Å². The van der Waals surface area contributed by atoms with E-state index in [2.05, 4.69) is 23.8 Å². The molecule has 2 nitrogen and oxygen atoms in total. The summed E-state index contributed by atoms with van der Waals surface area (Å²) in [5.41, 5.74) is 2.80. The van der Waals surface area contributed by atoms with E-state index >= 15 is 0 Å². The van der Waals surface area contributed by atoms with Crippen molar-refractivity contribution < 1.29 is 4.39 Å². The minimum absolute atomic E-state index is 0.238. The molecule has 2 rings (SSSR count). The largest absolute Gasteiger partial charge is 0.343 e. The van der Waals surface area contributed by atoms with E-state index in [-0.39, 0.29) is 5.82 Å². The van der Waals surface area contributed by atoms with Gasteiger partial charge in [-0.05, 0) is 49.1 Å². The van der Waals surface area contributed by atoms with E-state index < -0.39 is 0 Å². The standard InChI is InChI=1S/C15H17FN2S/c1-9(2)6-12-8-14(19)18-15(17-12)13-5-4-11(16)7-10(13)3/h4-5,7-9H,6H2,1-3H3,(H,17,18,19). The molecule has 0 saturated heterocycles. The Morgan fingerprint density at radius 1 is 1.32 bits per heavy atom. The lowest BCUT2D eigenvalue weighted by molar-refractivity contribution is 0.626. The lowest BCUT2D eigenvalue weighted by Crippen LogP contribution is -2.01. The van der Waals surface area contributed by atoms with Crippen molar-refractivity contribution in [1.29, 1.82) is 0 Å². The van der Waals surface area contributed by atoms with Crippen LogP contribution in [0.3, 0.4) is 0 Å². The van der Waals surface area contributed by atoms with Gasteiger partial charge in [-0.3, -0.25) is 0 Å². The summed E-state index contributed by atoms with van der Waals surface area (Å²) in [4.78, 5) is 7.63. The summed E-state index contributed by atoms with van der Waals surface area (Å²) in [5, 5.41) is 0. The number of hydrogen-bond acceptors (Lipinski definition) is 2. The summed E-state index contributed by atoms with van der Waals surface area (Å²) in [6.07, 6.45) is 0.916. The van der Waals surface area contributed by atoms with Crippen LogP contribution in [-0.4, -0.2) is 9.97 Å². The van der Waals surface area contributed by atoms with Crippen molar-refractivity contribution in [3.8, 4) is 11.4 Å². The van der Waals surface area contributed by atoms with E-state index in [1.54, 1.807) is 6.07 Å². The highest BCUT2D eigenvalue weighted by molar-refractivity contribution is 7.71. The fourth-order valence-corrected chi connectivity index (χ4v) is 2.31. The molecule has 0 atom stereocenters. The zero-order valence-electron chi connectivity index (χ0n) is 11.3. The normalized spacial score (nSPS) is 11.0. The average Bonchev–Trinajstić information content (AvgIpc) is 2.26. The van der Waals surface area contributed by atoms with Crippen molar-refractivity contribution in [3.05, 3.63) is 46.0 Å². The quantitative estimate of drug-likeness (QED) is 0.839. The molecule has 0 aliphatic rings. The molecule has 0 amide bonds. The smallest absolute Gasteiger partial charge is 0.139 e. The summed E-state index contributed by atoms with van der Waals surface area (Å²) < 4.78 is 13.7. The third kappa shape index (κ3) is 3.47. The summed E-state index contributed by atoms with van der Waals surface area (Å²) in [7, 11) is 0. The van der Waals surface area contributed by atoms with Crippen molar-refractivity contribution in [1.82, 2.24) is 9.97 Å². The molecule has 19 heavy (non-hydrogen) atoms. The second-order valence-corrected chi connectivity index (χ2v) is 5.57. The van der Waals surface area contributed by atoms with Crippen LogP contribution in [0.5, 0.6) is 0 Å². The highest BCUT2D eigenvalue weighted by Crippen LogP contribution is 2.21. The molecule has 0 spiro atoms. The van der Waals surface area contributed by atoms with Crippen molar-refractivity contribution in [2.75, 3.05) is 0 Å². The van der Waals surface area contributed by atoms with Crippen LogP contribution in [-0.2, 0) is 6.42 Å². The highest BCUT2D eigenvalue weighted by Gasteiger charge is 2.07. The van der Waals surface area contributed by atoms with Gasteiger partial charge in [0, 0.05) is 11.3 Å². The maximum absolute atomic E-state index is 13.1. The third-order valence-electron chi connectivity index (χ3n) is 2.87. The first kappa shape index (κ1) is 13.9. The number of nitrogens with zero attached hydrogens (tertiary/aromatic N) is 1. The molecule has 0 radical (unpaired) electrons. The van der Waals surface area contributed by atoms with Gasteiger partial charge in [-0.2, -0.15) is 0 Å². The van der Waals surface area contributed by atoms with E-state index in [1.165, 1.54) is 12.1 Å². The summed E-state index contributed by atoms with van der Waals surface area (Å²) in [6, 6.07) is 6.56. The number of benzene rings is 1. The first-order valence-electron chi connectivity index (χ1n) is 6.32. The number of halogens is 1. The van der Waals surface area contributed by atoms with Gasteiger partial charge in [0.15, 0.2) is 0 Å². The van der Waals surface area contributed by atoms with Gasteiger partial charge in [0.05, 0.1) is 0 Å². The van der Waals surface area contributed by atoms with Crippen LogP contribution < -0.4 is 0 Å². The summed E-state index contributed by atoms with van der Waals surface area (Å²) >= 11 is 5.20. The Kier molecular flexibility index (Phi) is 4.10. The Morgan fingerprint density at radius 3 is 2.68 bits per heavy atom. The number of H-pyrrole nitrogens is 1. The van der Waals surface area contributed by atoms with Gasteiger partial charge in [0.1, 0.15) is 16.3 Å². The number of hydrogen-bond donors (Lipinski definition) is 1. The monoisotopic (exact) mass is 276 g/mol. The molecular weight excluding hydrogens is 259 g/mol. The molecular formula is C15H17FN2S. The fourth-order valence-electron chi connectivity index (χ4n) is 2.08. The first-order chi connectivity index (χ1) is 8.95. The SMILES string of the molecule is Cc1cc(F)ccc1-c1nc(=S)cc(CC(C)C)[nH]1. The van der Waals surface area contributed by atoms with Gasteiger partial charge < -0.3 is 4.98 Å². The zero-order chi connectivity index (χ0) is 14.0. The van der Waals surface area contributed by atoms with E-state index in [0.29, 0.717) is 16.4 Å². The van der Waals surface area contributed by atoms with Gasteiger partial charge in [0.25, 0.3) is 0 Å². The van der Waals surface area contributed by atoms with Crippen molar-refractivity contribution in [2.24, 2.45) is 5.92 Å². The van der Waals surface area contributed by atoms with Gasteiger partial charge in [-0.15, -0.1) is 0 Å². The molecule has 0 aliphatic carbocycles. The molecule has 0 saturated carbocycles. The number of aromatic nitrogens is 2. The Labute approximate surface area is 117 Å². The fraction of sp³-hybridized carbons (Fsp3) is 0.333. The Morgan fingerprint density at radius 2 is 2.05 bits per heavy atom. The van der Waals surface area contributed by atoms with Gasteiger partial charge in [0.2, 0.25) is 0 Å². The second kappa shape index (κ2) is 5.61. The van der Waals surface area contributed by atoms with Crippen LogP contribution in [0.1, 0.15) is 25.1 Å². The average molecular weight is 276 g/mol. The highest BCUT2D eigenvalue weighted by atomic mass is 32.1. The van der Waals surface area contributed by atoms with Crippen molar-refractivity contribution in [2.45, 2.75) is 27.2 Å². The Hall–Kier alpha value is -1.55. The topological polar surface area (TPSA) is 28.7 Å². The molecule has 4 heteroatoms. The van der Waals surface area contributed by atoms with Crippen LogP contribution in [0.4, 0.5) is 4.39 Å². The number of aryl methyl sites for hydroxylation is 1. The Bertz CT molecular complexity index is 647. The predicted octanol–water partition coefficient (Wildman–Crippen LogP) is 4.45. The van der Waals surface area contributed by atoms with Gasteiger partial charge in [-0.25, -0.2) is 9.37 Å². The molecule has 100 valence electrons. The number of aromatic amines is 1. The molecule has 0 aliphatic heterocycles. The lowest BCUT2D eigenvalue weighted by atomic mass is 10.1. The van der Waals surface area contributed by atoms with Crippen molar-refractivity contribution >= 4 is 12.2 Å². The van der Waals surface area contributed by atoms with Crippen LogP contribution >= 0.6 is 12.2 Å². The summed E-state index contributed by atoms with van der Waals surface area (Å²) in [6.45, 7) is 6.17. The predicted molar refractivity (Wildman–Crippen MR) is 78.1 cm³/mol. The first-order valence-corrected chi connectivity index (χ1v) is 6.73. The van der Waals surface area contributed by atoms with Crippen LogP contribution in [0.25, 0.3) is 11.4 Å². The molecule has 1 heterocycles. The number of nitrogens with one attached hydrogen (secondary N) is 1. The maximum atomic E-state index is 13.1. The molecule has 1 aromatic heterocycles. The second-order valence-electron chi connectivity index (χ2n) is 5.15. The van der Waals surface area contributed by atoms with E-state index in [9.17, 15) is 4.39 Å². The number of rotatable bonds is 3.